The lowest BCUT2D eigenvalue weighted by molar-refractivity contribution is -0.155. The molecule has 0 radical (unpaired) electrons. The number of hydrogen-bond acceptors (Lipinski definition) is 5. The Balaban J connectivity index is 3.17. The van der Waals surface area contributed by atoms with Crippen molar-refractivity contribution in [2.45, 2.75) is 86.4 Å². The summed E-state index contributed by atoms with van der Waals surface area (Å²) < 4.78 is 10.3. The first-order chi connectivity index (χ1) is 12.5. The molecule has 1 heterocycles. The van der Waals surface area contributed by atoms with E-state index in [-0.39, 0.29) is 17.2 Å². The van der Waals surface area contributed by atoms with Crippen molar-refractivity contribution in [3.63, 3.8) is 0 Å². The van der Waals surface area contributed by atoms with Crippen LogP contribution < -0.4 is 5.32 Å². The quantitative estimate of drug-likeness (QED) is 0.737. The van der Waals surface area contributed by atoms with Crippen molar-refractivity contribution in [1.82, 2.24) is 10.2 Å². The standard InChI is InChI=1S/C21H38N2O5/c1-19(2,3)13-11-12-23(14(13)17(25)27-10)16(24)15(20(4,5)6)22-18(26)28-21(7,8)9/h13-15H,11-12H2,1-10H3,(H,22,26)/t13?,14-,15+/m0/s1. The van der Waals surface area contributed by atoms with Crippen LogP contribution in [0.2, 0.25) is 0 Å². The van der Waals surface area contributed by atoms with Gasteiger partial charge in [0.15, 0.2) is 0 Å². The van der Waals surface area contributed by atoms with Crippen LogP contribution in [0.4, 0.5) is 4.79 Å². The zero-order valence-corrected chi connectivity index (χ0v) is 19.1. The van der Waals surface area contributed by atoms with E-state index >= 15 is 0 Å². The van der Waals surface area contributed by atoms with E-state index in [1.807, 2.05) is 20.8 Å². The summed E-state index contributed by atoms with van der Waals surface area (Å²) in [5.41, 5.74) is -1.40. The molecule has 28 heavy (non-hydrogen) atoms. The number of hydrogen-bond donors (Lipinski definition) is 1. The maximum atomic E-state index is 13.4. The molecule has 7 nitrogen and oxygen atoms in total. The first-order valence-corrected chi connectivity index (χ1v) is 9.87. The molecule has 7 heteroatoms. The number of alkyl carbamates (subject to hydrolysis) is 1. The van der Waals surface area contributed by atoms with Crippen LogP contribution in [-0.4, -0.2) is 54.2 Å². The van der Waals surface area contributed by atoms with Gasteiger partial charge in [-0.25, -0.2) is 9.59 Å². The number of rotatable bonds is 3. The Bertz CT molecular complexity index is 595. The summed E-state index contributed by atoms with van der Waals surface area (Å²) >= 11 is 0. The molecular weight excluding hydrogens is 360 g/mol. The predicted molar refractivity (Wildman–Crippen MR) is 108 cm³/mol. The summed E-state index contributed by atoms with van der Waals surface area (Å²) in [5, 5.41) is 2.72. The largest absolute Gasteiger partial charge is 0.467 e. The maximum absolute atomic E-state index is 13.4. The van der Waals surface area contributed by atoms with Gasteiger partial charge in [0.05, 0.1) is 7.11 Å². The molecule has 1 rings (SSSR count). The van der Waals surface area contributed by atoms with E-state index in [2.05, 4.69) is 26.1 Å². The molecule has 1 unspecified atom stereocenters. The summed E-state index contributed by atoms with van der Waals surface area (Å²) in [5.74, 6) is -0.734. The highest BCUT2D eigenvalue weighted by Crippen LogP contribution is 2.40. The Kier molecular flexibility index (Phi) is 7.18. The summed E-state index contributed by atoms with van der Waals surface area (Å²) in [6.45, 7) is 17.5. The summed E-state index contributed by atoms with van der Waals surface area (Å²) in [6.07, 6.45) is 0.0557. The Labute approximate surface area is 169 Å². The van der Waals surface area contributed by atoms with Gasteiger partial charge in [0.1, 0.15) is 17.7 Å². The van der Waals surface area contributed by atoms with Crippen molar-refractivity contribution in [3.8, 4) is 0 Å². The molecule has 1 fully saturated rings. The van der Waals surface area contributed by atoms with Gasteiger partial charge in [0.25, 0.3) is 0 Å². The second-order valence-electron chi connectivity index (χ2n) is 10.7. The van der Waals surface area contributed by atoms with E-state index < -0.39 is 35.2 Å². The molecule has 1 N–H and O–H groups in total. The third-order valence-electron chi connectivity index (χ3n) is 5.01. The lowest BCUT2D eigenvalue weighted by Gasteiger charge is -2.37. The molecule has 0 aromatic carbocycles. The number of methoxy groups -OCH3 is 1. The molecule has 0 spiro atoms. The number of esters is 1. The minimum Gasteiger partial charge on any atom is -0.467 e. The van der Waals surface area contributed by atoms with Crippen LogP contribution in [0.25, 0.3) is 0 Å². The summed E-state index contributed by atoms with van der Waals surface area (Å²) in [4.78, 5) is 39.9. The smallest absolute Gasteiger partial charge is 0.408 e. The summed E-state index contributed by atoms with van der Waals surface area (Å²) in [6, 6.07) is -1.49. The van der Waals surface area contributed by atoms with E-state index in [9.17, 15) is 14.4 Å². The van der Waals surface area contributed by atoms with Gasteiger partial charge in [0.2, 0.25) is 5.91 Å². The number of carbonyl (C=O) groups excluding carboxylic acids is 3. The van der Waals surface area contributed by atoms with E-state index in [0.29, 0.717) is 13.0 Å². The Morgan fingerprint density at radius 2 is 1.54 bits per heavy atom. The maximum Gasteiger partial charge on any atom is 0.408 e. The van der Waals surface area contributed by atoms with Gasteiger partial charge in [-0.15, -0.1) is 0 Å². The molecule has 1 aliphatic rings. The third-order valence-corrected chi connectivity index (χ3v) is 5.01. The van der Waals surface area contributed by atoms with Crippen molar-refractivity contribution < 1.29 is 23.9 Å². The van der Waals surface area contributed by atoms with Crippen LogP contribution in [0.3, 0.4) is 0 Å². The molecule has 0 aromatic rings. The van der Waals surface area contributed by atoms with Crippen molar-refractivity contribution in [3.05, 3.63) is 0 Å². The van der Waals surface area contributed by atoms with Crippen LogP contribution >= 0.6 is 0 Å². The van der Waals surface area contributed by atoms with E-state index in [4.69, 9.17) is 9.47 Å². The van der Waals surface area contributed by atoms with Gasteiger partial charge in [-0.1, -0.05) is 41.5 Å². The van der Waals surface area contributed by atoms with E-state index in [1.54, 1.807) is 25.7 Å². The second kappa shape index (κ2) is 8.29. The van der Waals surface area contributed by atoms with E-state index in [0.717, 1.165) is 0 Å². The second-order valence-corrected chi connectivity index (χ2v) is 10.7. The van der Waals surface area contributed by atoms with Crippen LogP contribution in [0.15, 0.2) is 0 Å². The molecule has 2 amide bonds. The average Bonchev–Trinajstić information content (AvgIpc) is 2.93. The highest BCUT2D eigenvalue weighted by atomic mass is 16.6. The monoisotopic (exact) mass is 398 g/mol. The zero-order chi connectivity index (χ0) is 22.1. The fraction of sp³-hybridized carbons (Fsp3) is 0.857. The molecule has 0 aromatic heterocycles. The number of nitrogens with one attached hydrogen (secondary N) is 1. The highest BCUT2D eigenvalue weighted by Gasteiger charge is 2.50. The number of likely N-dealkylation sites (tertiary alicyclic amines) is 1. The van der Waals surface area contributed by atoms with Gasteiger partial charge in [-0.2, -0.15) is 0 Å². The van der Waals surface area contributed by atoms with Crippen molar-refractivity contribution in [1.29, 1.82) is 0 Å². The topological polar surface area (TPSA) is 84.9 Å². The fourth-order valence-electron chi connectivity index (χ4n) is 3.60. The number of nitrogens with zero attached hydrogens (tertiary/aromatic N) is 1. The van der Waals surface area contributed by atoms with Crippen molar-refractivity contribution in [2.24, 2.45) is 16.7 Å². The van der Waals surface area contributed by atoms with Crippen molar-refractivity contribution >= 4 is 18.0 Å². The third kappa shape index (κ3) is 6.11. The van der Waals surface area contributed by atoms with Gasteiger partial charge < -0.3 is 19.7 Å². The molecule has 3 atom stereocenters. The molecule has 0 aliphatic carbocycles. The van der Waals surface area contributed by atoms with Gasteiger partial charge >= 0.3 is 12.1 Å². The fourth-order valence-corrected chi connectivity index (χ4v) is 3.60. The van der Waals surface area contributed by atoms with Gasteiger partial charge in [0, 0.05) is 6.54 Å². The Morgan fingerprint density at radius 1 is 1.00 bits per heavy atom. The molecular formula is C21H38N2O5. The Morgan fingerprint density at radius 3 is 1.93 bits per heavy atom. The Hall–Kier alpha value is -1.79. The first kappa shape index (κ1) is 24.2. The van der Waals surface area contributed by atoms with Crippen LogP contribution in [0.5, 0.6) is 0 Å². The first-order valence-electron chi connectivity index (χ1n) is 9.87. The number of carbonyl (C=O) groups is 3. The van der Waals surface area contributed by atoms with Crippen LogP contribution in [0, 0.1) is 16.7 Å². The normalized spacial score (nSPS) is 21.9. The van der Waals surface area contributed by atoms with Gasteiger partial charge in [-0.3, -0.25) is 4.79 Å². The van der Waals surface area contributed by atoms with Crippen LogP contribution in [0.1, 0.15) is 68.7 Å². The van der Waals surface area contributed by atoms with Crippen molar-refractivity contribution in [2.75, 3.05) is 13.7 Å². The number of amides is 2. The molecule has 162 valence electrons. The molecule has 0 saturated carbocycles. The van der Waals surface area contributed by atoms with E-state index in [1.165, 1.54) is 7.11 Å². The van der Waals surface area contributed by atoms with Crippen LogP contribution in [-0.2, 0) is 19.1 Å². The highest BCUT2D eigenvalue weighted by molar-refractivity contribution is 5.91. The predicted octanol–water partition coefficient (Wildman–Crippen LogP) is 3.36. The number of ether oxygens (including phenoxy) is 2. The zero-order valence-electron chi connectivity index (χ0n) is 19.1. The molecule has 0 bridgehead atoms. The minimum atomic E-state index is -0.826. The SMILES string of the molecule is COC(=O)[C@@H]1C(C(C)(C)C)CCN1C(=O)[C@@H](NC(=O)OC(C)(C)C)C(C)(C)C. The minimum absolute atomic E-state index is 0.0222. The molecule has 1 saturated heterocycles. The summed E-state index contributed by atoms with van der Waals surface area (Å²) in [7, 11) is 1.34. The average molecular weight is 399 g/mol. The molecule has 1 aliphatic heterocycles. The lowest BCUT2D eigenvalue weighted by Crippen LogP contribution is -2.58. The lowest BCUT2D eigenvalue weighted by atomic mass is 9.76. The van der Waals surface area contributed by atoms with Gasteiger partial charge in [-0.05, 0) is 43.9 Å².